The van der Waals surface area contributed by atoms with Gasteiger partial charge >= 0.3 is 0 Å². The molecule has 1 aromatic heterocycles. The van der Waals surface area contributed by atoms with Crippen molar-refractivity contribution in [1.29, 1.82) is 0 Å². The molecule has 0 radical (unpaired) electrons. The summed E-state index contributed by atoms with van der Waals surface area (Å²) in [5, 5.41) is 12.6. The van der Waals surface area contributed by atoms with Crippen LogP contribution in [0.15, 0.2) is 77.7 Å². The van der Waals surface area contributed by atoms with E-state index in [0.29, 0.717) is 38.6 Å². The summed E-state index contributed by atoms with van der Waals surface area (Å²) in [5.74, 6) is 0.380. The second-order valence-corrected chi connectivity index (χ2v) is 7.82. The summed E-state index contributed by atoms with van der Waals surface area (Å²) < 4.78 is 1.50. The molecule has 0 aliphatic carbocycles. The Morgan fingerprint density at radius 2 is 1.78 bits per heavy atom. The molecule has 32 heavy (non-hydrogen) atoms. The molecule has 0 saturated carbocycles. The summed E-state index contributed by atoms with van der Waals surface area (Å²) in [7, 11) is 3.66. The van der Waals surface area contributed by atoms with Crippen LogP contribution in [0.1, 0.15) is 5.56 Å². The molecule has 4 aromatic rings. The highest BCUT2D eigenvalue weighted by atomic mass is 35.5. The molecule has 3 aromatic carbocycles. The lowest BCUT2D eigenvalue weighted by Crippen LogP contribution is -2.22. The Labute approximate surface area is 189 Å². The van der Waals surface area contributed by atoms with Crippen molar-refractivity contribution in [3.05, 3.63) is 104 Å². The molecule has 160 valence electrons. The van der Waals surface area contributed by atoms with Gasteiger partial charge in [-0.3, -0.25) is 19.5 Å². The van der Waals surface area contributed by atoms with Gasteiger partial charge in [-0.25, -0.2) is 4.98 Å². The van der Waals surface area contributed by atoms with E-state index in [2.05, 4.69) is 0 Å². The quantitative estimate of drug-likeness (QED) is 0.313. The number of hydrogen-bond donors (Lipinski definition) is 0. The first kappa shape index (κ1) is 21.3. The van der Waals surface area contributed by atoms with Gasteiger partial charge in [0.1, 0.15) is 5.82 Å². The summed E-state index contributed by atoms with van der Waals surface area (Å²) >= 11 is 6.04. The molecule has 0 saturated heterocycles. The van der Waals surface area contributed by atoms with E-state index in [1.54, 1.807) is 71.8 Å². The number of para-hydroxylation sites is 1. The van der Waals surface area contributed by atoms with Crippen LogP contribution >= 0.6 is 11.6 Å². The minimum absolute atomic E-state index is 0.0342. The molecule has 0 unspecified atom stereocenters. The number of halogens is 1. The topological polar surface area (TPSA) is 81.3 Å². The Morgan fingerprint density at radius 3 is 2.47 bits per heavy atom. The normalized spacial score (nSPS) is 11.2. The molecule has 8 heteroatoms. The highest BCUT2D eigenvalue weighted by molar-refractivity contribution is 6.30. The maximum absolute atomic E-state index is 13.4. The van der Waals surface area contributed by atoms with Crippen molar-refractivity contribution in [3.8, 4) is 17.1 Å². The third-order valence-corrected chi connectivity index (χ3v) is 5.15. The smallest absolute Gasteiger partial charge is 0.276 e. The predicted molar refractivity (Wildman–Crippen MR) is 127 cm³/mol. The molecule has 0 aliphatic heterocycles. The molecule has 0 fully saturated rings. The van der Waals surface area contributed by atoms with Gasteiger partial charge in [0.15, 0.2) is 0 Å². The average molecular weight is 447 g/mol. The number of hydrogen-bond acceptors (Lipinski definition) is 5. The third-order valence-electron chi connectivity index (χ3n) is 4.90. The standard InChI is InChI=1S/C24H19ClN4O3/c1-27(2)14-13-16-15-17(7-12-22(16)29(31)32)23-26-21-6-4-3-5-20(21)24(30)28(23)19-10-8-18(25)9-11-19/h3-15H,1-2H3/b14-13+. The van der Waals surface area contributed by atoms with Crippen LogP contribution in [-0.4, -0.2) is 33.5 Å². The van der Waals surface area contributed by atoms with E-state index in [1.807, 2.05) is 20.2 Å². The Bertz CT molecular complexity index is 1410. The Kier molecular flexibility index (Phi) is 5.75. The molecular formula is C24H19ClN4O3. The van der Waals surface area contributed by atoms with E-state index in [9.17, 15) is 14.9 Å². The largest absolute Gasteiger partial charge is 0.383 e. The summed E-state index contributed by atoms with van der Waals surface area (Å²) in [6, 6.07) is 18.7. The van der Waals surface area contributed by atoms with Crippen molar-refractivity contribution in [2.45, 2.75) is 0 Å². The zero-order valence-corrected chi connectivity index (χ0v) is 18.2. The lowest BCUT2D eigenvalue weighted by atomic mass is 10.1. The van der Waals surface area contributed by atoms with Crippen molar-refractivity contribution < 1.29 is 4.92 Å². The van der Waals surface area contributed by atoms with E-state index < -0.39 is 4.92 Å². The average Bonchev–Trinajstić information content (AvgIpc) is 2.78. The number of fused-ring (bicyclic) bond motifs is 1. The molecule has 0 bridgehead atoms. The second kappa shape index (κ2) is 8.64. The summed E-state index contributed by atoms with van der Waals surface area (Å²) in [6.45, 7) is 0. The van der Waals surface area contributed by atoms with Gasteiger partial charge < -0.3 is 4.90 Å². The highest BCUT2D eigenvalue weighted by Crippen LogP contribution is 2.29. The van der Waals surface area contributed by atoms with Crippen LogP contribution in [0.5, 0.6) is 0 Å². The first-order valence-electron chi connectivity index (χ1n) is 9.76. The molecule has 0 spiro atoms. The van der Waals surface area contributed by atoms with Crippen molar-refractivity contribution >= 4 is 34.3 Å². The molecule has 4 rings (SSSR count). The van der Waals surface area contributed by atoms with Crippen molar-refractivity contribution in [2.75, 3.05) is 14.1 Å². The maximum Gasteiger partial charge on any atom is 0.276 e. The lowest BCUT2D eigenvalue weighted by molar-refractivity contribution is -0.385. The van der Waals surface area contributed by atoms with Crippen LogP contribution in [0, 0.1) is 10.1 Å². The lowest BCUT2D eigenvalue weighted by Gasteiger charge is -2.14. The van der Waals surface area contributed by atoms with Crippen molar-refractivity contribution in [1.82, 2.24) is 14.5 Å². The first-order chi connectivity index (χ1) is 15.3. The van der Waals surface area contributed by atoms with Crippen LogP contribution in [0.4, 0.5) is 5.69 Å². The minimum atomic E-state index is -0.431. The van der Waals surface area contributed by atoms with Gasteiger partial charge in [-0.15, -0.1) is 0 Å². The van der Waals surface area contributed by atoms with Crippen LogP contribution in [0.25, 0.3) is 34.1 Å². The Balaban J connectivity index is 2.03. The Morgan fingerprint density at radius 1 is 1.06 bits per heavy atom. The molecule has 7 nitrogen and oxygen atoms in total. The number of nitro benzene ring substituents is 1. The van der Waals surface area contributed by atoms with Crippen molar-refractivity contribution in [3.63, 3.8) is 0 Å². The fraction of sp³-hybridized carbons (Fsp3) is 0.0833. The van der Waals surface area contributed by atoms with Gasteiger partial charge in [-0.05, 0) is 60.8 Å². The number of aromatic nitrogens is 2. The number of nitrogens with zero attached hydrogens (tertiary/aromatic N) is 4. The van der Waals surface area contributed by atoms with E-state index >= 15 is 0 Å². The van der Waals surface area contributed by atoms with Crippen LogP contribution < -0.4 is 5.56 Å². The second-order valence-electron chi connectivity index (χ2n) is 7.38. The zero-order chi connectivity index (χ0) is 22.8. The fourth-order valence-electron chi connectivity index (χ4n) is 3.38. The highest BCUT2D eigenvalue weighted by Gasteiger charge is 2.18. The van der Waals surface area contributed by atoms with Gasteiger partial charge in [0.25, 0.3) is 11.2 Å². The van der Waals surface area contributed by atoms with Gasteiger partial charge in [-0.1, -0.05) is 23.7 Å². The molecular weight excluding hydrogens is 428 g/mol. The zero-order valence-electron chi connectivity index (χ0n) is 17.4. The maximum atomic E-state index is 13.4. The monoisotopic (exact) mass is 446 g/mol. The van der Waals surface area contributed by atoms with Gasteiger partial charge in [0.2, 0.25) is 0 Å². The van der Waals surface area contributed by atoms with Crippen LogP contribution in [0.3, 0.4) is 0 Å². The summed E-state index contributed by atoms with van der Waals surface area (Å²) in [6.07, 6.45) is 3.39. The van der Waals surface area contributed by atoms with E-state index in [1.165, 1.54) is 10.6 Å². The van der Waals surface area contributed by atoms with Crippen LogP contribution in [-0.2, 0) is 0 Å². The Hall–Kier alpha value is -3.97. The SMILES string of the molecule is CN(C)/C=C/c1cc(-c2nc3ccccc3c(=O)n2-c2ccc(Cl)cc2)ccc1[N+](=O)[O-]. The van der Waals surface area contributed by atoms with E-state index in [0.717, 1.165) is 0 Å². The van der Waals surface area contributed by atoms with Gasteiger partial charge in [0.05, 0.1) is 27.1 Å². The predicted octanol–water partition coefficient (Wildman–Crippen LogP) is 5.15. The summed E-state index contributed by atoms with van der Waals surface area (Å²) in [4.78, 5) is 31.1. The third kappa shape index (κ3) is 4.10. The number of benzene rings is 3. The summed E-state index contributed by atoms with van der Waals surface area (Å²) in [5.41, 5.74) is 1.85. The molecule has 0 amide bonds. The fourth-order valence-corrected chi connectivity index (χ4v) is 3.50. The molecule has 1 heterocycles. The molecule has 0 N–H and O–H groups in total. The molecule has 0 aliphatic rings. The van der Waals surface area contributed by atoms with Crippen molar-refractivity contribution in [2.24, 2.45) is 0 Å². The van der Waals surface area contributed by atoms with Crippen LogP contribution in [0.2, 0.25) is 5.02 Å². The minimum Gasteiger partial charge on any atom is -0.383 e. The first-order valence-corrected chi connectivity index (χ1v) is 10.1. The number of rotatable bonds is 5. The van der Waals surface area contributed by atoms with Gasteiger partial charge in [-0.2, -0.15) is 0 Å². The van der Waals surface area contributed by atoms with E-state index in [-0.39, 0.29) is 11.2 Å². The number of nitro groups is 1. The van der Waals surface area contributed by atoms with Gasteiger partial charge in [0, 0.05) is 30.7 Å². The van der Waals surface area contributed by atoms with E-state index in [4.69, 9.17) is 16.6 Å². The molecule has 0 atom stereocenters.